The van der Waals surface area contributed by atoms with Gasteiger partial charge in [0.05, 0.1) is 11.2 Å². The van der Waals surface area contributed by atoms with Gasteiger partial charge in [0.25, 0.3) is 0 Å². The Labute approximate surface area is 96.8 Å². The van der Waals surface area contributed by atoms with Crippen molar-refractivity contribution in [2.45, 2.75) is 25.2 Å². The monoisotopic (exact) mass is 268 g/mol. The molecule has 1 N–H and O–H groups in total. The van der Waals surface area contributed by atoms with Gasteiger partial charge < -0.3 is 5.11 Å². The highest BCUT2D eigenvalue weighted by Gasteiger charge is 2.12. The highest BCUT2D eigenvalue weighted by molar-refractivity contribution is 9.08. The maximum Gasteiger partial charge on any atom is 0.116 e. The maximum atomic E-state index is 9.45. The summed E-state index contributed by atoms with van der Waals surface area (Å²) in [5.41, 5.74) is 2.03. The van der Waals surface area contributed by atoms with Crippen molar-refractivity contribution in [3.63, 3.8) is 0 Å². The minimum absolute atomic E-state index is 0.285. The minimum Gasteiger partial charge on any atom is -0.508 e. The molecule has 0 saturated carbocycles. The number of hydrogen-bond donors (Lipinski definition) is 1. The minimum atomic E-state index is 0.285. The van der Waals surface area contributed by atoms with Crippen molar-refractivity contribution in [1.82, 2.24) is 9.78 Å². The number of benzene rings is 1. The third-order valence-corrected chi connectivity index (χ3v) is 2.93. The Morgan fingerprint density at radius 2 is 2.20 bits per heavy atom. The number of nitrogens with zero attached hydrogens (tertiary/aromatic N) is 2. The zero-order valence-electron chi connectivity index (χ0n) is 8.74. The summed E-state index contributed by atoms with van der Waals surface area (Å²) in [6.07, 6.45) is 0. The summed E-state index contributed by atoms with van der Waals surface area (Å²) in [5.74, 6) is 0.285. The topological polar surface area (TPSA) is 38.0 Å². The van der Waals surface area contributed by atoms with Crippen LogP contribution in [0.25, 0.3) is 10.9 Å². The van der Waals surface area contributed by atoms with Gasteiger partial charge in [-0.2, -0.15) is 5.10 Å². The molecule has 0 bridgehead atoms. The van der Waals surface area contributed by atoms with E-state index in [1.54, 1.807) is 12.1 Å². The molecule has 0 saturated heterocycles. The smallest absolute Gasteiger partial charge is 0.116 e. The van der Waals surface area contributed by atoms with Crippen molar-refractivity contribution in [1.29, 1.82) is 0 Å². The van der Waals surface area contributed by atoms with Crippen LogP contribution in [0, 0.1) is 0 Å². The van der Waals surface area contributed by atoms with Crippen molar-refractivity contribution in [3.05, 3.63) is 23.9 Å². The summed E-state index contributed by atoms with van der Waals surface area (Å²) in [6, 6.07) is 5.60. The van der Waals surface area contributed by atoms with Crippen molar-refractivity contribution >= 4 is 26.8 Å². The molecule has 0 aliphatic carbocycles. The number of fused-ring (bicyclic) bond motifs is 1. The molecule has 0 spiro atoms. The van der Waals surface area contributed by atoms with Crippen molar-refractivity contribution in [2.75, 3.05) is 0 Å². The van der Waals surface area contributed by atoms with Crippen LogP contribution in [0.1, 0.15) is 25.6 Å². The summed E-state index contributed by atoms with van der Waals surface area (Å²) in [4.78, 5) is 0. The number of rotatable bonds is 2. The van der Waals surface area contributed by atoms with Crippen LogP contribution in [0.3, 0.4) is 0 Å². The summed E-state index contributed by atoms with van der Waals surface area (Å²) < 4.78 is 1.98. The van der Waals surface area contributed by atoms with Gasteiger partial charge in [-0.15, -0.1) is 0 Å². The average molecular weight is 269 g/mol. The van der Waals surface area contributed by atoms with Gasteiger partial charge in [0.1, 0.15) is 5.75 Å². The molecule has 15 heavy (non-hydrogen) atoms. The van der Waals surface area contributed by atoms with Gasteiger partial charge in [-0.05, 0) is 32.0 Å². The zero-order valence-corrected chi connectivity index (χ0v) is 10.3. The highest BCUT2D eigenvalue weighted by atomic mass is 79.9. The van der Waals surface area contributed by atoms with Gasteiger partial charge in [-0.3, -0.25) is 4.68 Å². The van der Waals surface area contributed by atoms with Crippen LogP contribution in [-0.2, 0) is 5.33 Å². The highest BCUT2D eigenvalue weighted by Crippen LogP contribution is 2.26. The second-order valence-electron chi connectivity index (χ2n) is 3.82. The third-order valence-electron chi connectivity index (χ3n) is 2.40. The van der Waals surface area contributed by atoms with E-state index >= 15 is 0 Å². The van der Waals surface area contributed by atoms with E-state index < -0.39 is 0 Å². The zero-order chi connectivity index (χ0) is 11.0. The number of phenolic OH excluding ortho intramolecular Hbond substituents is 1. The predicted molar refractivity (Wildman–Crippen MR) is 64.4 cm³/mol. The molecule has 0 aliphatic heterocycles. The van der Waals surface area contributed by atoms with Gasteiger partial charge >= 0.3 is 0 Å². The van der Waals surface area contributed by atoms with E-state index in [0.717, 1.165) is 21.9 Å². The SMILES string of the molecule is CC(C)n1nc2ccc(O)cc2c1CBr. The van der Waals surface area contributed by atoms with E-state index in [2.05, 4.69) is 34.9 Å². The van der Waals surface area contributed by atoms with Crippen LogP contribution in [0.4, 0.5) is 0 Å². The molecule has 1 aromatic heterocycles. The maximum absolute atomic E-state index is 9.45. The summed E-state index contributed by atoms with van der Waals surface area (Å²) in [6.45, 7) is 4.19. The molecule has 0 atom stereocenters. The molecular weight excluding hydrogens is 256 g/mol. The van der Waals surface area contributed by atoms with E-state index in [1.807, 2.05) is 10.7 Å². The van der Waals surface area contributed by atoms with Crippen LogP contribution in [-0.4, -0.2) is 14.9 Å². The standard InChI is InChI=1S/C11H13BrN2O/c1-7(2)14-11(6-12)9-5-8(15)3-4-10(9)13-14/h3-5,7,15H,6H2,1-2H3. The molecule has 80 valence electrons. The van der Waals surface area contributed by atoms with Crippen molar-refractivity contribution in [3.8, 4) is 5.75 Å². The molecular formula is C11H13BrN2O. The molecule has 2 aromatic rings. The average Bonchev–Trinajstić information content (AvgIpc) is 2.55. The molecule has 2 rings (SSSR count). The van der Waals surface area contributed by atoms with E-state index in [4.69, 9.17) is 0 Å². The lowest BCUT2D eigenvalue weighted by molar-refractivity contribution is 0.476. The fraction of sp³-hybridized carbons (Fsp3) is 0.364. The Bertz CT molecular complexity index is 491. The first-order valence-corrected chi connectivity index (χ1v) is 6.01. The molecule has 3 nitrogen and oxygen atoms in total. The Morgan fingerprint density at radius 3 is 2.80 bits per heavy atom. The van der Waals surface area contributed by atoms with Crippen LogP contribution >= 0.6 is 15.9 Å². The molecule has 4 heteroatoms. The van der Waals surface area contributed by atoms with Crippen molar-refractivity contribution < 1.29 is 5.11 Å². The van der Waals surface area contributed by atoms with Crippen LogP contribution in [0.2, 0.25) is 0 Å². The fourth-order valence-corrected chi connectivity index (χ4v) is 2.26. The number of aromatic hydroxyl groups is 1. The van der Waals surface area contributed by atoms with E-state index in [9.17, 15) is 5.11 Å². The quantitative estimate of drug-likeness (QED) is 0.850. The lowest BCUT2D eigenvalue weighted by Gasteiger charge is -2.08. The van der Waals surface area contributed by atoms with Gasteiger partial charge in [0.2, 0.25) is 0 Å². The van der Waals surface area contributed by atoms with Crippen LogP contribution in [0.15, 0.2) is 18.2 Å². The van der Waals surface area contributed by atoms with Gasteiger partial charge in [0.15, 0.2) is 0 Å². The van der Waals surface area contributed by atoms with E-state index in [0.29, 0.717) is 6.04 Å². The molecule has 1 aromatic carbocycles. The predicted octanol–water partition coefficient (Wildman–Crippen LogP) is 3.22. The summed E-state index contributed by atoms with van der Waals surface area (Å²) in [5, 5.41) is 15.7. The Kier molecular flexibility index (Phi) is 2.69. The number of phenols is 1. The van der Waals surface area contributed by atoms with Gasteiger partial charge in [-0.1, -0.05) is 15.9 Å². The van der Waals surface area contributed by atoms with E-state index in [1.165, 1.54) is 0 Å². The molecule has 0 aliphatic rings. The largest absolute Gasteiger partial charge is 0.508 e. The number of hydrogen-bond acceptors (Lipinski definition) is 2. The Balaban J connectivity index is 2.74. The number of alkyl halides is 1. The lowest BCUT2D eigenvalue weighted by atomic mass is 10.2. The van der Waals surface area contributed by atoms with Crippen LogP contribution < -0.4 is 0 Å². The first kappa shape index (κ1) is 10.5. The Hall–Kier alpha value is -1.03. The molecule has 0 fully saturated rings. The number of aromatic nitrogens is 2. The number of halogens is 1. The molecule has 0 unspecified atom stereocenters. The molecule has 1 heterocycles. The second kappa shape index (κ2) is 3.85. The Morgan fingerprint density at radius 1 is 1.47 bits per heavy atom. The first-order chi connectivity index (χ1) is 7.13. The summed E-state index contributed by atoms with van der Waals surface area (Å²) in [7, 11) is 0. The molecule has 0 radical (unpaired) electrons. The van der Waals surface area contributed by atoms with Crippen LogP contribution in [0.5, 0.6) is 5.75 Å². The summed E-state index contributed by atoms with van der Waals surface area (Å²) >= 11 is 3.46. The van der Waals surface area contributed by atoms with E-state index in [-0.39, 0.29) is 5.75 Å². The lowest BCUT2D eigenvalue weighted by Crippen LogP contribution is -2.05. The third kappa shape index (κ3) is 1.74. The van der Waals surface area contributed by atoms with Gasteiger partial charge in [0, 0.05) is 16.8 Å². The van der Waals surface area contributed by atoms with Crippen molar-refractivity contribution in [2.24, 2.45) is 0 Å². The fourth-order valence-electron chi connectivity index (χ4n) is 1.70. The molecule has 0 amide bonds. The second-order valence-corrected chi connectivity index (χ2v) is 4.38. The first-order valence-electron chi connectivity index (χ1n) is 4.89. The normalized spacial score (nSPS) is 11.5. The van der Waals surface area contributed by atoms with Gasteiger partial charge in [-0.25, -0.2) is 0 Å².